The number of halogens is 3. The Balaban J connectivity index is 2.58. The van der Waals surface area contributed by atoms with E-state index in [2.05, 4.69) is 5.10 Å². The lowest BCUT2D eigenvalue weighted by atomic mass is 10.1. The maximum atomic E-state index is 14.3. The number of imide groups is 1. The van der Waals surface area contributed by atoms with Gasteiger partial charge in [0.2, 0.25) is 0 Å². The van der Waals surface area contributed by atoms with Crippen LogP contribution in [0, 0.1) is 0 Å². The Morgan fingerprint density at radius 1 is 0.923 bits per heavy atom. The first-order chi connectivity index (χ1) is 17.8. The minimum atomic E-state index is -4.98. The zero-order valence-electron chi connectivity index (χ0n) is 23.3. The summed E-state index contributed by atoms with van der Waals surface area (Å²) in [4.78, 5) is 26.1. The van der Waals surface area contributed by atoms with Gasteiger partial charge in [-0.2, -0.15) is 23.2 Å². The van der Waals surface area contributed by atoms with Gasteiger partial charge in [-0.1, -0.05) is 0 Å². The van der Waals surface area contributed by atoms with E-state index in [1.807, 2.05) is 0 Å². The molecule has 0 N–H and O–H groups in total. The molecule has 0 aliphatic heterocycles. The second-order valence-electron chi connectivity index (χ2n) is 10.4. The molecule has 0 saturated heterocycles. The number of anilines is 1. The van der Waals surface area contributed by atoms with Gasteiger partial charge in [0.25, 0.3) is 0 Å². The van der Waals surface area contributed by atoms with Crippen LogP contribution in [-0.4, -0.2) is 46.4 Å². The van der Waals surface area contributed by atoms with Crippen LogP contribution in [-0.2, 0) is 35.4 Å². The van der Waals surface area contributed by atoms with E-state index < -0.39 is 48.4 Å². The minimum absolute atomic E-state index is 0.0340. The summed E-state index contributed by atoms with van der Waals surface area (Å²) < 4.78 is 77.7. The average Bonchev–Trinajstić information content (AvgIpc) is 3.19. The molecule has 0 aliphatic rings. The van der Waals surface area contributed by atoms with Gasteiger partial charge in [-0.15, -0.1) is 0 Å². The summed E-state index contributed by atoms with van der Waals surface area (Å²) >= 11 is 0. The van der Waals surface area contributed by atoms with E-state index in [1.54, 1.807) is 13.8 Å². The van der Waals surface area contributed by atoms with Gasteiger partial charge in [-0.05, 0) is 79.7 Å². The topological polar surface area (TPSA) is 109 Å². The number of hydrogen-bond donors (Lipinski definition) is 0. The third-order valence-corrected chi connectivity index (χ3v) is 6.61. The summed E-state index contributed by atoms with van der Waals surface area (Å²) in [6.07, 6.45) is -6.45. The fourth-order valence-electron chi connectivity index (χ4n) is 3.29. The van der Waals surface area contributed by atoms with Crippen molar-refractivity contribution in [3.05, 3.63) is 41.7 Å². The lowest BCUT2D eigenvalue weighted by Crippen LogP contribution is -2.44. The van der Waals surface area contributed by atoms with Crippen LogP contribution in [0.3, 0.4) is 0 Å². The van der Waals surface area contributed by atoms with Gasteiger partial charge >= 0.3 is 26.0 Å². The van der Waals surface area contributed by atoms with E-state index in [4.69, 9.17) is 18.5 Å². The molecule has 2 rings (SSSR count). The molecule has 0 aliphatic carbocycles. The fourth-order valence-corrected chi connectivity index (χ4v) is 4.89. The lowest BCUT2D eigenvalue weighted by Gasteiger charge is -2.30. The smallest absolute Gasteiger partial charge is 0.424 e. The molecule has 0 saturated carbocycles. The lowest BCUT2D eigenvalue weighted by molar-refractivity contribution is -0.137. The monoisotopic (exact) mass is 577 g/mol. The van der Waals surface area contributed by atoms with Gasteiger partial charge in [-0.3, -0.25) is 4.57 Å². The number of nitrogens with zero attached hydrogens (tertiary/aromatic N) is 3. The fraction of sp³-hybridized carbons (Fsp3) is 0.560. The summed E-state index contributed by atoms with van der Waals surface area (Å²) in [6.45, 7) is 12.7. The highest BCUT2D eigenvalue weighted by Crippen LogP contribution is 2.51. The van der Waals surface area contributed by atoms with Gasteiger partial charge in [0.05, 0.1) is 42.0 Å². The van der Waals surface area contributed by atoms with Crippen LogP contribution in [0.25, 0.3) is 5.69 Å². The zero-order chi connectivity index (χ0) is 29.8. The molecule has 0 fully saturated rings. The summed E-state index contributed by atoms with van der Waals surface area (Å²) in [5, 5.41) is 4.22. The molecule has 1 heterocycles. The van der Waals surface area contributed by atoms with Gasteiger partial charge < -0.3 is 18.5 Å². The van der Waals surface area contributed by atoms with Gasteiger partial charge in [-0.25, -0.2) is 14.3 Å². The highest BCUT2D eigenvalue weighted by Gasteiger charge is 2.41. The number of aromatic nitrogens is 2. The third-order valence-electron chi connectivity index (χ3n) is 4.59. The van der Waals surface area contributed by atoms with Gasteiger partial charge in [0.1, 0.15) is 11.2 Å². The summed E-state index contributed by atoms with van der Waals surface area (Å²) in [5.74, 6) is 0. The maximum absolute atomic E-state index is 14.3. The van der Waals surface area contributed by atoms with Gasteiger partial charge in [0, 0.05) is 6.20 Å². The molecule has 0 radical (unpaired) electrons. The normalized spacial score (nSPS) is 12.8. The van der Waals surface area contributed by atoms with Crippen LogP contribution >= 0.6 is 7.60 Å². The van der Waals surface area contributed by atoms with Crippen molar-refractivity contribution in [2.75, 3.05) is 18.1 Å². The molecule has 1 aromatic heterocycles. The SMILES string of the molecule is CCOP(=O)(Cc1ccn(-c2ccc(N(C(=O)OC(C)(C)C)C(=O)OC(C)(C)C)c(C(F)(F)F)c2)n1)OCC. The number of rotatable bonds is 8. The Bertz CT molecular complexity index is 1180. The molecule has 218 valence electrons. The third kappa shape index (κ3) is 9.36. The molecule has 0 unspecified atom stereocenters. The number of hydrogen-bond acceptors (Lipinski definition) is 8. The summed E-state index contributed by atoms with van der Waals surface area (Å²) in [5.41, 5.74) is -4.06. The Labute approximate surface area is 225 Å². The van der Waals surface area contributed by atoms with Crippen molar-refractivity contribution in [3.63, 3.8) is 0 Å². The molecule has 0 spiro atoms. The zero-order valence-corrected chi connectivity index (χ0v) is 24.2. The van der Waals surface area contributed by atoms with E-state index in [0.29, 0.717) is 0 Å². The number of alkyl halides is 3. The Morgan fingerprint density at radius 2 is 1.44 bits per heavy atom. The van der Waals surface area contributed by atoms with Crippen molar-refractivity contribution in [2.45, 2.75) is 78.9 Å². The van der Waals surface area contributed by atoms with Crippen LogP contribution in [0.2, 0.25) is 0 Å². The number of carbonyl (C=O) groups excluding carboxylic acids is 2. The highest BCUT2D eigenvalue weighted by atomic mass is 31.2. The average molecular weight is 578 g/mol. The quantitative estimate of drug-likeness (QED) is 0.300. The van der Waals surface area contributed by atoms with Crippen molar-refractivity contribution in [3.8, 4) is 5.69 Å². The molecule has 0 bridgehead atoms. The van der Waals surface area contributed by atoms with Crippen molar-refractivity contribution in [2.24, 2.45) is 0 Å². The minimum Gasteiger partial charge on any atom is -0.443 e. The van der Waals surface area contributed by atoms with Crippen LogP contribution < -0.4 is 4.90 Å². The molecule has 10 nitrogen and oxygen atoms in total. The predicted molar refractivity (Wildman–Crippen MR) is 138 cm³/mol. The summed E-state index contributed by atoms with van der Waals surface area (Å²) in [7, 11) is -3.50. The first kappa shape index (κ1) is 32.3. The predicted octanol–water partition coefficient (Wildman–Crippen LogP) is 7.33. The van der Waals surface area contributed by atoms with E-state index in [9.17, 15) is 27.3 Å². The van der Waals surface area contributed by atoms with Crippen LogP contribution in [0.15, 0.2) is 30.5 Å². The maximum Gasteiger partial charge on any atom is 0.424 e. The van der Waals surface area contributed by atoms with Crippen LogP contribution in [0.4, 0.5) is 28.4 Å². The van der Waals surface area contributed by atoms with Crippen molar-refractivity contribution in [1.82, 2.24) is 9.78 Å². The van der Waals surface area contributed by atoms with E-state index >= 15 is 0 Å². The molecular weight excluding hydrogens is 542 g/mol. The number of amides is 2. The molecule has 39 heavy (non-hydrogen) atoms. The standard InChI is InChI=1S/C25H35F3N3O7P/c1-9-35-39(34,36-10-2)16-17-13-14-30(29-17)18-11-12-20(19(15-18)25(26,27)28)31(21(32)37-23(3,4)5)22(33)38-24(6,7)8/h11-15H,9-10,16H2,1-8H3. The highest BCUT2D eigenvalue weighted by molar-refractivity contribution is 7.53. The number of ether oxygens (including phenoxy) is 2. The first-order valence-electron chi connectivity index (χ1n) is 12.2. The molecule has 2 amide bonds. The number of carbonyl (C=O) groups is 2. The van der Waals surface area contributed by atoms with Crippen molar-refractivity contribution >= 4 is 25.5 Å². The van der Waals surface area contributed by atoms with Crippen molar-refractivity contribution < 1.29 is 45.8 Å². The van der Waals surface area contributed by atoms with E-state index in [1.165, 1.54) is 59.9 Å². The Kier molecular flexibility index (Phi) is 10.0. The Morgan fingerprint density at radius 3 is 1.87 bits per heavy atom. The van der Waals surface area contributed by atoms with Gasteiger partial charge in [0.15, 0.2) is 0 Å². The van der Waals surface area contributed by atoms with E-state index in [0.717, 1.165) is 16.8 Å². The second kappa shape index (κ2) is 12.1. The van der Waals surface area contributed by atoms with E-state index in [-0.39, 0.29) is 35.7 Å². The van der Waals surface area contributed by atoms with Crippen LogP contribution in [0.1, 0.15) is 66.6 Å². The molecule has 14 heteroatoms. The largest absolute Gasteiger partial charge is 0.443 e. The Hall–Kier alpha value is -2.89. The molecule has 1 aromatic carbocycles. The van der Waals surface area contributed by atoms with Crippen LogP contribution in [0.5, 0.6) is 0 Å². The first-order valence-corrected chi connectivity index (χ1v) is 13.9. The summed E-state index contributed by atoms with van der Waals surface area (Å²) in [6, 6.07) is 4.41. The molecule has 2 aromatic rings. The number of benzene rings is 1. The molecular formula is C25H35F3N3O7P. The second-order valence-corrected chi connectivity index (χ2v) is 12.4. The molecule has 0 atom stereocenters. The van der Waals surface area contributed by atoms with Crippen molar-refractivity contribution in [1.29, 1.82) is 0 Å².